The Kier molecular flexibility index (Phi) is 9.06. The molecular weight excluding hydrogens is 626 g/mol. The highest BCUT2D eigenvalue weighted by Gasteiger charge is 2.28. The first-order valence-corrected chi connectivity index (χ1v) is 16.4. The van der Waals surface area contributed by atoms with Crippen LogP contribution in [0.2, 0.25) is 0 Å². The monoisotopic (exact) mass is 662 g/mol. The third-order valence-corrected chi connectivity index (χ3v) is 9.61. The Morgan fingerprint density at radius 3 is 2.57 bits per heavy atom. The molecule has 0 saturated carbocycles. The van der Waals surface area contributed by atoms with Crippen LogP contribution in [0.5, 0.6) is 5.75 Å². The number of nitrogens with zero attached hydrogens (tertiary/aromatic N) is 6. The van der Waals surface area contributed by atoms with Gasteiger partial charge in [0, 0.05) is 42.7 Å². The van der Waals surface area contributed by atoms with Crippen molar-refractivity contribution in [1.82, 2.24) is 29.4 Å². The van der Waals surface area contributed by atoms with Crippen molar-refractivity contribution in [2.24, 2.45) is 7.05 Å². The molecule has 0 radical (unpaired) electrons. The minimum Gasteiger partial charge on any atom is -0.484 e. The molecule has 2 aromatic carbocycles. The molecule has 11 nitrogen and oxygen atoms in total. The molecule has 4 heterocycles. The summed E-state index contributed by atoms with van der Waals surface area (Å²) < 4.78 is 52.5. The van der Waals surface area contributed by atoms with Gasteiger partial charge in [-0.15, -0.1) is 0 Å². The Balaban J connectivity index is 1.38. The average Bonchev–Trinajstić information content (AvgIpc) is 3.68. The van der Waals surface area contributed by atoms with E-state index < -0.39 is 22.6 Å². The van der Waals surface area contributed by atoms with E-state index in [2.05, 4.69) is 14.8 Å². The van der Waals surface area contributed by atoms with Crippen LogP contribution in [0.15, 0.2) is 61.1 Å². The third-order valence-electron chi connectivity index (χ3n) is 8.60. The fourth-order valence-electron chi connectivity index (χ4n) is 5.99. The van der Waals surface area contributed by atoms with Gasteiger partial charge in [-0.05, 0) is 63.6 Å². The zero-order valence-electron chi connectivity index (χ0n) is 26.4. The highest BCUT2D eigenvalue weighted by Crippen LogP contribution is 2.40. The highest BCUT2D eigenvalue weighted by molar-refractivity contribution is 7.86. The number of aromatic nitrogens is 5. The SMILES string of the molecule is CC(Oc1cc(-c2nn(C)c3c(-c4cnn(C5CCC(C=O)N(C)C5)c4)cnc(N)c23)ccc1NS(=O)C(C)F)c1ccc(F)cc1. The van der Waals surface area contributed by atoms with E-state index >= 15 is 0 Å². The molecule has 5 atom stereocenters. The molecule has 1 aliphatic heterocycles. The van der Waals surface area contributed by atoms with Crippen LogP contribution in [0.25, 0.3) is 33.3 Å². The van der Waals surface area contributed by atoms with Gasteiger partial charge >= 0.3 is 0 Å². The summed E-state index contributed by atoms with van der Waals surface area (Å²) in [5.41, 5.74) is 9.46. The number of pyridine rings is 1. The topological polar surface area (TPSA) is 133 Å². The minimum absolute atomic E-state index is 0.0774. The molecule has 5 unspecified atom stereocenters. The van der Waals surface area contributed by atoms with Crippen LogP contribution in [0, 0.1) is 5.82 Å². The van der Waals surface area contributed by atoms with Gasteiger partial charge in [-0.2, -0.15) is 10.2 Å². The quantitative estimate of drug-likeness (QED) is 0.185. The number of hydrogen-bond acceptors (Lipinski definition) is 8. The normalized spacial score (nSPS) is 18.9. The second-order valence-corrected chi connectivity index (χ2v) is 13.2. The summed E-state index contributed by atoms with van der Waals surface area (Å²) in [6.07, 6.45) is 7.56. The molecule has 3 aromatic heterocycles. The van der Waals surface area contributed by atoms with Gasteiger partial charge in [-0.3, -0.25) is 19.0 Å². The number of hydrogen-bond donors (Lipinski definition) is 2. The van der Waals surface area contributed by atoms with E-state index in [1.54, 1.807) is 54.3 Å². The number of halogens is 2. The minimum atomic E-state index is -2.02. The van der Waals surface area contributed by atoms with Crippen molar-refractivity contribution < 1.29 is 22.5 Å². The Morgan fingerprint density at radius 1 is 1.11 bits per heavy atom. The van der Waals surface area contributed by atoms with Crippen LogP contribution in [0.4, 0.5) is 20.3 Å². The third kappa shape index (κ3) is 6.47. The van der Waals surface area contributed by atoms with Crippen molar-refractivity contribution in [3.05, 3.63) is 72.4 Å². The molecule has 0 spiro atoms. The number of anilines is 2. The molecule has 0 aliphatic carbocycles. The number of likely N-dealkylation sites (N-methyl/N-ethyl adjacent to an activating group) is 1. The van der Waals surface area contributed by atoms with Crippen LogP contribution in [-0.4, -0.2) is 65.1 Å². The highest BCUT2D eigenvalue weighted by atomic mass is 32.2. The number of benzene rings is 2. The summed E-state index contributed by atoms with van der Waals surface area (Å²) in [6, 6.07) is 11.1. The largest absolute Gasteiger partial charge is 0.484 e. The number of piperidine rings is 1. The molecule has 246 valence electrons. The smallest absolute Gasteiger partial charge is 0.191 e. The van der Waals surface area contributed by atoms with E-state index in [1.165, 1.54) is 19.1 Å². The summed E-state index contributed by atoms with van der Waals surface area (Å²) in [7, 11) is 1.75. The number of fused-ring (bicyclic) bond motifs is 1. The van der Waals surface area contributed by atoms with Gasteiger partial charge in [0.2, 0.25) is 0 Å². The molecule has 1 fully saturated rings. The number of carbonyl (C=O) groups is 1. The molecule has 1 saturated heterocycles. The molecule has 3 N–H and O–H groups in total. The van der Waals surface area contributed by atoms with Crippen molar-refractivity contribution in [2.75, 3.05) is 24.0 Å². The van der Waals surface area contributed by atoms with Gasteiger partial charge in [0.05, 0.1) is 34.9 Å². The van der Waals surface area contributed by atoms with Crippen molar-refractivity contribution in [3.8, 4) is 28.1 Å². The number of nitrogens with two attached hydrogens (primary N) is 1. The maximum absolute atomic E-state index is 13.9. The molecular formula is C33H36F2N8O3S. The number of aryl methyl sites for hydroxylation is 1. The second-order valence-electron chi connectivity index (χ2n) is 11.8. The zero-order chi connectivity index (χ0) is 33.4. The van der Waals surface area contributed by atoms with Gasteiger partial charge in [-0.1, -0.05) is 18.2 Å². The maximum Gasteiger partial charge on any atom is 0.191 e. The first-order chi connectivity index (χ1) is 22.5. The first kappa shape index (κ1) is 32.3. The molecule has 47 heavy (non-hydrogen) atoms. The number of alkyl halides is 1. The van der Waals surface area contributed by atoms with Gasteiger partial charge in [0.1, 0.15) is 35.5 Å². The number of aldehydes is 1. The Labute approximate surface area is 273 Å². The lowest BCUT2D eigenvalue weighted by atomic mass is 10.00. The van der Waals surface area contributed by atoms with E-state index in [4.69, 9.17) is 15.6 Å². The Morgan fingerprint density at radius 2 is 1.87 bits per heavy atom. The molecule has 6 rings (SSSR count). The Hall–Kier alpha value is -4.69. The van der Waals surface area contributed by atoms with E-state index in [-0.39, 0.29) is 23.7 Å². The van der Waals surface area contributed by atoms with Crippen molar-refractivity contribution in [3.63, 3.8) is 0 Å². The van der Waals surface area contributed by atoms with Crippen molar-refractivity contribution in [2.45, 2.75) is 50.4 Å². The van der Waals surface area contributed by atoms with E-state index in [9.17, 15) is 17.8 Å². The van der Waals surface area contributed by atoms with Crippen LogP contribution >= 0.6 is 0 Å². The standard InChI is InChI=1S/C33H36F2N8O3S/c1-19(21-5-8-24(35)9-6-21)46-29-13-22(7-12-28(29)40-47(45)20(2)34)31-30-32(42(4)39-31)27(15-37-33(30)36)23-14-38-43(16-23)25-10-11-26(18-44)41(3)17-25/h5-9,12-16,18-20,25-26,40H,10-11,17H2,1-4H3,(H2,36,37). The van der Waals surface area contributed by atoms with Crippen LogP contribution < -0.4 is 15.2 Å². The van der Waals surface area contributed by atoms with E-state index in [0.29, 0.717) is 40.2 Å². The lowest BCUT2D eigenvalue weighted by Gasteiger charge is -2.34. The predicted molar refractivity (Wildman–Crippen MR) is 178 cm³/mol. The van der Waals surface area contributed by atoms with E-state index in [0.717, 1.165) is 35.8 Å². The number of nitrogens with one attached hydrogen (secondary N) is 1. The number of nitrogen functional groups attached to an aromatic ring is 1. The van der Waals surface area contributed by atoms with E-state index in [1.807, 2.05) is 29.9 Å². The van der Waals surface area contributed by atoms with Crippen molar-refractivity contribution in [1.29, 1.82) is 0 Å². The molecule has 14 heteroatoms. The lowest BCUT2D eigenvalue weighted by molar-refractivity contribution is -0.113. The number of rotatable bonds is 10. The molecule has 0 bridgehead atoms. The lowest BCUT2D eigenvalue weighted by Crippen LogP contribution is -2.42. The summed E-state index contributed by atoms with van der Waals surface area (Å²) in [6.45, 7) is 3.71. The number of likely N-dealkylation sites (tertiary alicyclic amines) is 1. The van der Waals surface area contributed by atoms with Gasteiger partial charge in [-0.25, -0.2) is 18.0 Å². The Bertz CT molecular complexity index is 1940. The number of carbonyl (C=O) groups excluding carboxylic acids is 1. The van der Waals surface area contributed by atoms with Gasteiger partial charge in [0.15, 0.2) is 16.5 Å². The number of ether oxygens (including phenoxy) is 1. The summed E-state index contributed by atoms with van der Waals surface area (Å²) in [5.74, 6) is 0.210. The van der Waals surface area contributed by atoms with Crippen LogP contribution in [0.1, 0.15) is 44.4 Å². The molecule has 0 amide bonds. The van der Waals surface area contributed by atoms with Gasteiger partial charge in [0.25, 0.3) is 0 Å². The van der Waals surface area contributed by atoms with Crippen LogP contribution in [0.3, 0.4) is 0 Å². The summed E-state index contributed by atoms with van der Waals surface area (Å²) in [5, 5.41) is 10.1. The van der Waals surface area contributed by atoms with Gasteiger partial charge < -0.3 is 15.3 Å². The molecule has 1 aliphatic rings. The van der Waals surface area contributed by atoms with Crippen molar-refractivity contribution >= 4 is 39.7 Å². The molecule has 5 aromatic rings. The fourth-order valence-corrected chi connectivity index (χ4v) is 6.54. The zero-order valence-corrected chi connectivity index (χ0v) is 27.2. The fraction of sp³-hybridized carbons (Fsp3) is 0.333. The second kappa shape index (κ2) is 13.2. The summed E-state index contributed by atoms with van der Waals surface area (Å²) in [4.78, 5) is 17.9. The average molecular weight is 663 g/mol. The van der Waals surface area contributed by atoms with Crippen LogP contribution in [-0.2, 0) is 22.8 Å². The maximum atomic E-state index is 13.9. The first-order valence-electron chi connectivity index (χ1n) is 15.2. The predicted octanol–water partition coefficient (Wildman–Crippen LogP) is 5.59. The summed E-state index contributed by atoms with van der Waals surface area (Å²) >= 11 is 0.